The number of furan rings is 1. The normalized spacial score (nSPS) is 22.7. The van der Waals surface area contributed by atoms with Gasteiger partial charge < -0.3 is 14.4 Å². The second-order valence-electron chi connectivity index (χ2n) is 5.72. The highest BCUT2D eigenvalue weighted by Gasteiger charge is 2.39. The molecule has 25 heavy (non-hydrogen) atoms. The number of carboxylic acid groups (broad SMARTS) is 1. The van der Waals surface area contributed by atoms with Crippen LogP contribution in [-0.2, 0) is 14.4 Å². The maximum Gasteiger partial charge on any atom is 0.326 e. The molecule has 2 aliphatic rings. The van der Waals surface area contributed by atoms with Crippen molar-refractivity contribution in [1.82, 2.24) is 9.80 Å². The largest absolute Gasteiger partial charge is 0.480 e. The van der Waals surface area contributed by atoms with Crippen LogP contribution < -0.4 is 0 Å². The van der Waals surface area contributed by atoms with E-state index in [9.17, 15) is 24.3 Å². The summed E-state index contributed by atoms with van der Waals surface area (Å²) in [6.45, 7) is -0.141. The Kier molecular flexibility index (Phi) is 4.93. The van der Waals surface area contributed by atoms with Crippen molar-refractivity contribution in [3.8, 4) is 0 Å². The predicted molar refractivity (Wildman–Crippen MR) is 88.4 cm³/mol. The average Bonchev–Trinajstić information content (AvgIpc) is 3.19. The molecule has 0 saturated carbocycles. The molecule has 1 aromatic heterocycles. The minimum atomic E-state index is -1.07. The molecule has 2 fully saturated rings. The summed E-state index contributed by atoms with van der Waals surface area (Å²) >= 11 is 0.727. The zero-order chi connectivity index (χ0) is 18.0. The van der Waals surface area contributed by atoms with E-state index < -0.39 is 35.6 Å². The quantitative estimate of drug-likeness (QED) is 0.811. The highest BCUT2D eigenvalue weighted by atomic mass is 32.2. The summed E-state index contributed by atoms with van der Waals surface area (Å²) in [4.78, 5) is 50.4. The van der Waals surface area contributed by atoms with Crippen LogP contribution in [0.15, 0.2) is 27.7 Å². The topological polar surface area (TPSA) is 108 Å². The van der Waals surface area contributed by atoms with E-state index in [0.717, 1.165) is 23.1 Å². The highest BCUT2D eigenvalue weighted by molar-refractivity contribution is 8.18. The van der Waals surface area contributed by atoms with Crippen molar-refractivity contribution in [2.45, 2.75) is 25.3 Å². The van der Waals surface area contributed by atoms with Gasteiger partial charge in [0, 0.05) is 12.6 Å². The van der Waals surface area contributed by atoms with E-state index in [1.165, 1.54) is 17.2 Å². The number of carboxylic acids is 1. The molecule has 3 heterocycles. The lowest BCUT2D eigenvalue weighted by molar-refractivity contribution is -0.152. The number of amides is 3. The lowest BCUT2D eigenvalue weighted by Gasteiger charge is -2.33. The fourth-order valence-corrected chi connectivity index (χ4v) is 3.67. The molecule has 8 nitrogen and oxygen atoms in total. The summed E-state index contributed by atoms with van der Waals surface area (Å²) in [6, 6.07) is 2.40. The molecule has 2 aliphatic heterocycles. The van der Waals surface area contributed by atoms with Gasteiger partial charge in [-0.1, -0.05) is 0 Å². The SMILES string of the molecule is O=C(O)C1CCCCN1C(=O)CN1C(=O)S/C(=C\c2ccco2)C1=O. The van der Waals surface area contributed by atoms with Crippen molar-refractivity contribution < 1.29 is 28.7 Å². The first-order chi connectivity index (χ1) is 12.0. The summed E-state index contributed by atoms with van der Waals surface area (Å²) in [5.74, 6) is -1.75. The number of hydrogen-bond donors (Lipinski definition) is 1. The summed E-state index contributed by atoms with van der Waals surface area (Å²) in [6.07, 6.45) is 4.70. The van der Waals surface area contributed by atoms with Gasteiger partial charge >= 0.3 is 5.97 Å². The first-order valence-corrected chi connectivity index (χ1v) is 8.60. The van der Waals surface area contributed by atoms with Crippen molar-refractivity contribution in [3.05, 3.63) is 29.1 Å². The molecular weight excluding hydrogens is 348 g/mol. The third kappa shape index (κ3) is 3.60. The molecule has 2 saturated heterocycles. The number of rotatable bonds is 4. The molecule has 1 N–H and O–H groups in total. The van der Waals surface area contributed by atoms with Gasteiger partial charge in [0.15, 0.2) is 0 Å². The molecule has 132 valence electrons. The molecule has 1 unspecified atom stereocenters. The van der Waals surface area contributed by atoms with Crippen LogP contribution in [0.1, 0.15) is 25.0 Å². The van der Waals surface area contributed by atoms with Gasteiger partial charge in [0.25, 0.3) is 11.1 Å². The third-order valence-corrected chi connectivity index (χ3v) is 5.00. The minimum absolute atomic E-state index is 0.168. The van der Waals surface area contributed by atoms with E-state index in [4.69, 9.17) is 4.42 Å². The van der Waals surface area contributed by atoms with Crippen LogP contribution in [0.2, 0.25) is 0 Å². The molecule has 0 bridgehead atoms. The summed E-state index contributed by atoms with van der Waals surface area (Å²) < 4.78 is 5.12. The number of hydrogen-bond acceptors (Lipinski definition) is 6. The first-order valence-electron chi connectivity index (χ1n) is 7.78. The van der Waals surface area contributed by atoms with Crippen LogP contribution in [0.5, 0.6) is 0 Å². The van der Waals surface area contributed by atoms with Gasteiger partial charge in [0.05, 0.1) is 11.2 Å². The molecule has 0 radical (unpaired) electrons. The third-order valence-electron chi connectivity index (χ3n) is 4.09. The molecule has 0 aliphatic carbocycles. The number of imide groups is 1. The van der Waals surface area contributed by atoms with Crippen LogP contribution in [0.4, 0.5) is 4.79 Å². The predicted octanol–water partition coefficient (Wildman–Crippen LogP) is 1.78. The molecule has 1 atom stereocenters. The Balaban J connectivity index is 1.71. The van der Waals surface area contributed by atoms with E-state index in [1.807, 2.05) is 0 Å². The van der Waals surface area contributed by atoms with Gasteiger partial charge in [-0.15, -0.1) is 0 Å². The zero-order valence-corrected chi connectivity index (χ0v) is 14.0. The van der Waals surface area contributed by atoms with E-state index in [1.54, 1.807) is 12.1 Å². The Bertz CT molecular complexity index is 742. The molecule has 0 aromatic carbocycles. The van der Waals surface area contributed by atoms with Gasteiger partial charge in [0.2, 0.25) is 5.91 Å². The lowest BCUT2D eigenvalue weighted by atomic mass is 10.0. The number of likely N-dealkylation sites (tertiary alicyclic amines) is 1. The molecule has 0 spiro atoms. The minimum Gasteiger partial charge on any atom is -0.480 e. The Labute approximate surface area is 147 Å². The van der Waals surface area contributed by atoms with Crippen LogP contribution in [0.3, 0.4) is 0 Å². The van der Waals surface area contributed by atoms with Gasteiger partial charge in [-0.2, -0.15) is 0 Å². The fraction of sp³-hybridized carbons (Fsp3) is 0.375. The van der Waals surface area contributed by atoms with Crippen LogP contribution in [0, 0.1) is 0 Å². The maximum atomic E-state index is 12.5. The Morgan fingerprint density at radius 2 is 2.16 bits per heavy atom. The Morgan fingerprint density at radius 1 is 1.36 bits per heavy atom. The molecular formula is C16H16N2O6S. The number of aliphatic carboxylic acids is 1. The smallest absolute Gasteiger partial charge is 0.326 e. The molecule has 9 heteroatoms. The van der Waals surface area contributed by atoms with E-state index in [-0.39, 0.29) is 4.91 Å². The van der Waals surface area contributed by atoms with Crippen molar-refractivity contribution in [1.29, 1.82) is 0 Å². The molecule has 3 rings (SSSR count). The Morgan fingerprint density at radius 3 is 2.84 bits per heavy atom. The van der Waals surface area contributed by atoms with Crippen molar-refractivity contribution in [2.24, 2.45) is 0 Å². The Hall–Kier alpha value is -2.55. The van der Waals surface area contributed by atoms with Gasteiger partial charge in [0.1, 0.15) is 18.3 Å². The number of nitrogens with zero attached hydrogens (tertiary/aromatic N) is 2. The first kappa shape index (κ1) is 17.3. The second-order valence-corrected chi connectivity index (χ2v) is 6.71. The number of piperidine rings is 1. The van der Waals surface area contributed by atoms with Crippen molar-refractivity contribution >= 4 is 40.9 Å². The monoisotopic (exact) mass is 364 g/mol. The average molecular weight is 364 g/mol. The van der Waals surface area contributed by atoms with Gasteiger partial charge in [-0.05, 0) is 43.2 Å². The number of thioether (sulfide) groups is 1. The fourth-order valence-electron chi connectivity index (χ4n) is 2.85. The molecule has 3 amide bonds. The summed E-state index contributed by atoms with van der Waals surface area (Å²) in [5.41, 5.74) is 0. The van der Waals surface area contributed by atoms with Gasteiger partial charge in [-0.25, -0.2) is 4.79 Å². The van der Waals surface area contributed by atoms with Crippen molar-refractivity contribution in [3.63, 3.8) is 0 Å². The number of carbonyl (C=O) groups excluding carboxylic acids is 3. The number of carbonyl (C=O) groups is 4. The van der Waals surface area contributed by atoms with Crippen LogP contribution in [0.25, 0.3) is 6.08 Å². The van der Waals surface area contributed by atoms with Crippen LogP contribution in [-0.4, -0.2) is 57.1 Å². The highest BCUT2D eigenvalue weighted by Crippen LogP contribution is 2.32. The zero-order valence-electron chi connectivity index (χ0n) is 13.2. The second kappa shape index (κ2) is 7.14. The van der Waals surface area contributed by atoms with Crippen LogP contribution >= 0.6 is 11.8 Å². The summed E-state index contributed by atoms with van der Waals surface area (Å²) in [7, 11) is 0. The van der Waals surface area contributed by atoms with E-state index in [2.05, 4.69) is 0 Å². The maximum absolute atomic E-state index is 12.5. The summed E-state index contributed by atoms with van der Waals surface area (Å²) in [5, 5.41) is 8.69. The van der Waals surface area contributed by atoms with E-state index >= 15 is 0 Å². The van der Waals surface area contributed by atoms with Gasteiger partial charge in [-0.3, -0.25) is 19.3 Å². The van der Waals surface area contributed by atoms with Crippen molar-refractivity contribution in [2.75, 3.05) is 13.1 Å². The van der Waals surface area contributed by atoms with E-state index in [0.29, 0.717) is 25.1 Å². The lowest BCUT2D eigenvalue weighted by Crippen LogP contribution is -2.51. The standard InChI is InChI=1S/C16H16N2O6S/c19-13(17-6-2-1-5-11(17)15(21)22)9-18-14(20)12(25-16(18)23)8-10-4-3-7-24-10/h3-4,7-8,11H,1-2,5-6,9H2,(H,21,22)/b12-8-. The molecule has 1 aromatic rings.